The van der Waals surface area contributed by atoms with Crippen LogP contribution in [0.4, 0.5) is 4.39 Å². The maximum atomic E-state index is 13.0. The number of carbonyl (C=O) groups excluding carboxylic acids is 1. The van der Waals surface area contributed by atoms with Crippen molar-refractivity contribution in [3.8, 4) is 0 Å². The Labute approximate surface area is 105 Å². The minimum absolute atomic E-state index is 0.169. The summed E-state index contributed by atoms with van der Waals surface area (Å²) in [6.45, 7) is 4.35. The molecule has 1 aromatic heterocycles. The smallest absolute Gasteiger partial charge is 0.272 e. The van der Waals surface area contributed by atoms with Gasteiger partial charge in [0.1, 0.15) is 5.69 Å². The fraction of sp³-hybridized carbons (Fsp3) is 0.500. The van der Waals surface area contributed by atoms with Crippen molar-refractivity contribution in [1.82, 2.24) is 14.8 Å². The predicted octanol–water partition coefficient (Wildman–Crippen LogP) is -0.0628. The standard InChI is InChI=1S/C12H17FN4O/c13-11-3-1-2-10(15-11)12(18)17-8-6-16(5-4-14)7-9-17/h1-3H,4-9,14H2. The molecule has 1 aromatic rings. The molecule has 0 atom stereocenters. The molecule has 0 unspecified atom stereocenters. The van der Waals surface area contributed by atoms with Crippen molar-refractivity contribution in [2.45, 2.75) is 0 Å². The summed E-state index contributed by atoms with van der Waals surface area (Å²) in [7, 11) is 0. The molecular formula is C12H17FN4O. The van der Waals surface area contributed by atoms with Gasteiger partial charge < -0.3 is 10.6 Å². The Bertz CT molecular complexity index is 418. The van der Waals surface area contributed by atoms with E-state index in [1.807, 2.05) is 0 Å². The Morgan fingerprint density at radius 3 is 2.67 bits per heavy atom. The van der Waals surface area contributed by atoms with Gasteiger partial charge in [-0.05, 0) is 12.1 Å². The molecule has 98 valence electrons. The highest BCUT2D eigenvalue weighted by Gasteiger charge is 2.22. The van der Waals surface area contributed by atoms with E-state index in [0.29, 0.717) is 19.6 Å². The molecule has 1 aliphatic rings. The van der Waals surface area contributed by atoms with E-state index in [4.69, 9.17) is 5.73 Å². The maximum Gasteiger partial charge on any atom is 0.272 e. The van der Waals surface area contributed by atoms with Crippen LogP contribution in [0.2, 0.25) is 0 Å². The Morgan fingerprint density at radius 1 is 1.33 bits per heavy atom. The van der Waals surface area contributed by atoms with E-state index < -0.39 is 5.95 Å². The van der Waals surface area contributed by atoms with Gasteiger partial charge in [-0.2, -0.15) is 4.39 Å². The molecule has 2 rings (SSSR count). The van der Waals surface area contributed by atoms with Gasteiger partial charge >= 0.3 is 0 Å². The number of piperazine rings is 1. The fourth-order valence-corrected chi connectivity index (χ4v) is 2.05. The van der Waals surface area contributed by atoms with Crippen LogP contribution in [0.25, 0.3) is 0 Å². The molecule has 2 N–H and O–H groups in total. The second-order valence-corrected chi connectivity index (χ2v) is 4.27. The molecule has 1 aliphatic heterocycles. The average molecular weight is 252 g/mol. The van der Waals surface area contributed by atoms with E-state index in [-0.39, 0.29) is 11.6 Å². The van der Waals surface area contributed by atoms with E-state index in [0.717, 1.165) is 19.6 Å². The molecular weight excluding hydrogens is 235 g/mol. The predicted molar refractivity (Wildman–Crippen MR) is 65.6 cm³/mol. The molecule has 0 saturated carbocycles. The van der Waals surface area contributed by atoms with E-state index >= 15 is 0 Å². The maximum absolute atomic E-state index is 13.0. The summed E-state index contributed by atoms with van der Waals surface area (Å²) in [4.78, 5) is 19.6. The highest BCUT2D eigenvalue weighted by Crippen LogP contribution is 2.07. The second kappa shape index (κ2) is 5.88. The summed E-state index contributed by atoms with van der Waals surface area (Å²) < 4.78 is 13.0. The highest BCUT2D eigenvalue weighted by molar-refractivity contribution is 5.92. The van der Waals surface area contributed by atoms with Gasteiger partial charge in [-0.15, -0.1) is 0 Å². The van der Waals surface area contributed by atoms with Crippen LogP contribution in [-0.2, 0) is 0 Å². The first-order valence-electron chi connectivity index (χ1n) is 6.05. The van der Waals surface area contributed by atoms with Gasteiger partial charge in [0.25, 0.3) is 5.91 Å². The van der Waals surface area contributed by atoms with Gasteiger partial charge in [0, 0.05) is 39.3 Å². The third-order valence-corrected chi connectivity index (χ3v) is 3.04. The molecule has 5 nitrogen and oxygen atoms in total. The number of hydrogen-bond acceptors (Lipinski definition) is 4. The summed E-state index contributed by atoms with van der Waals surface area (Å²) in [5, 5.41) is 0. The first-order valence-corrected chi connectivity index (χ1v) is 6.05. The summed E-state index contributed by atoms with van der Waals surface area (Å²) in [6.07, 6.45) is 0. The topological polar surface area (TPSA) is 62.5 Å². The molecule has 1 amide bonds. The first kappa shape index (κ1) is 12.9. The lowest BCUT2D eigenvalue weighted by molar-refractivity contribution is 0.0634. The van der Waals surface area contributed by atoms with E-state index in [1.54, 1.807) is 4.90 Å². The average Bonchev–Trinajstić information content (AvgIpc) is 2.39. The normalized spacial score (nSPS) is 16.9. The van der Waals surface area contributed by atoms with Gasteiger partial charge in [-0.1, -0.05) is 6.07 Å². The monoisotopic (exact) mass is 252 g/mol. The Morgan fingerprint density at radius 2 is 2.06 bits per heavy atom. The molecule has 18 heavy (non-hydrogen) atoms. The molecule has 0 bridgehead atoms. The number of nitrogens with two attached hydrogens (primary N) is 1. The number of pyridine rings is 1. The van der Waals surface area contributed by atoms with Gasteiger partial charge in [0.05, 0.1) is 0 Å². The zero-order valence-electron chi connectivity index (χ0n) is 10.2. The van der Waals surface area contributed by atoms with Crippen LogP contribution in [0, 0.1) is 5.95 Å². The molecule has 6 heteroatoms. The van der Waals surface area contributed by atoms with Crippen LogP contribution in [0.3, 0.4) is 0 Å². The number of nitrogens with zero attached hydrogens (tertiary/aromatic N) is 3. The van der Waals surface area contributed by atoms with Crippen LogP contribution in [0.1, 0.15) is 10.5 Å². The second-order valence-electron chi connectivity index (χ2n) is 4.27. The first-order chi connectivity index (χ1) is 8.70. The summed E-state index contributed by atoms with van der Waals surface area (Å²) in [5.74, 6) is -0.829. The summed E-state index contributed by atoms with van der Waals surface area (Å²) in [6, 6.07) is 4.27. The Kier molecular flexibility index (Phi) is 4.22. The van der Waals surface area contributed by atoms with Crippen molar-refractivity contribution >= 4 is 5.91 Å². The van der Waals surface area contributed by atoms with E-state index in [9.17, 15) is 9.18 Å². The number of rotatable bonds is 3. The van der Waals surface area contributed by atoms with E-state index in [1.165, 1.54) is 18.2 Å². The van der Waals surface area contributed by atoms with Crippen molar-refractivity contribution in [3.63, 3.8) is 0 Å². The fourth-order valence-electron chi connectivity index (χ4n) is 2.05. The van der Waals surface area contributed by atoms with Crippen LogP contribution in [0.5, 0.6) is 0 Å². The van der Waals surface area contributed by atoms with Crippen LogP contribution in [0.15, 0.2) is 18.2 Å². The lowest BCUT2D eigenvalue weighted by atomic mass is 10.2. The van der Waals surface area contributed by atoms with Crippen molar-refractivity contribution in [2.75, 3.05) is 39.3 Å². The van der Waals surface area contributed by atoms with Crippen molar-refractivity contribution < 1.29 is 9.18 Å². The molecule has 0 spiro atoms. The van der Waals surface area contributed by atoms with Crippen LogP contribution in [-0.4, -0.2) is 60.0 Å². The summed E-state index contributed by atoms with van der Waals surface area (Å²) in [5.41, 5.74) is 5.66. The van der Waals surface area contributed by atoms with Crippen molar-refractivity contribution in [3.05, 3.63) is 29.8 Å². The molecule has 0 aliphatic carbocycles. The molecule has 1 saturated heterocycles. The van der Waals surface area contributed by atoms with Gasteiger partial charge in [0.15, 0.2) is 0 Å². The summed E-state index contributed by atoms with van der Waals surface area (Å²) >= 11 is 0. The number of amides is 1. The SMILES string of the molecule is NCCN1CCN(C(=O)c2cccc(F)n2)CC1. The van der Waals surface area contributed by atoms with Gasteiger partial charge in [-0.3, -0.25) is 9.69 Å². The van der Waals surface area contributed by atoms with Gasteiger partial charge in [-0.25, -0.2) is 4.98 Å². The number of aromatic nitrogens is 1. The van der Waals surface area contributed by atoms with Crippen LogP contribution < -0.4 is 5.73 Å². The number of halogens is 1. The number of hydrogen-bond donors (Lipinski definition) is 1. The molecule has 0 aromatic carbocycles. The number of carbonyl (C=O) groups is 1. The third kappa shape index (κ3) is 3.02. The lowest BCUT2D eigenvalue weighted by Gasteiger charge is -2.34. The molecule has 2 heterocycles. The van der Waals surface area contributed by atoms with Crippen molar-refractivity contribution in [1.29, 1.82) is 0 Å². The Hall–Kier alpha value is -1.53. The molecule has 0 radical (unpaired) electrons. The minimum Gasteiger partial charge on any atom is -0.335 e. The van der Waals surface area contributed by atoms with E-state index in [2.05, 4.69) is 9.88 Å². The lowest BCUT2D eigenvalue weighted by Crippen LogP contribution is -2.49. The largest absolute Gasteiger partial charge is 0.335 e. The van der Waals surface area contributed by atoms with Crippen molar-refractivity contribution in [2.24, 2.45) is 5.73 Å². The Balaban J connectivity index is 1.95. The van der Waals surface area contributed by atoms with Gasteiger partial charge in [0.2, 0.25) is 5.95 Å². The zero-order chi connectivity index (χ0) is 13.0. The quantitative estimate of drug-likeness (QED) is 0.765. The minimum atomic E-state index is -0.623. The third-order valence-electron chi connectivity index (χ3n) is 3.04. The zero-order valence-corrected chi connectivity index (χ0v) is 10.2. The highest BCUT2D eigenvalue weighted by atomic mass is 19.1. The van der Waals surface area contributed by atoms with Crippen LogP contribution >= 0.6 is 0 Å². The molecule has 1 fully saturated rings.